The highest BCUT2D eigenvalue weighted by atomic mass is 16.2. The molecular weight excluding hydrogens is 226 g/mol. The highest BCUT2D eigenvalue weighted by Gasteiger charge is 2.19. The summed E-state index contributed by atoms with van der Waals surface area (Å²) in [5.41, 5.74) is 4.76. The van der Waals surface area contributed by atoms with Gasteiger partial charge in [0, 0.05) is 7.05 Å². The number of amides is 1. The third kappa shape index (κ3) is 1.65. The molecule has 0 spiro atoms. The number of nitrogens with one attached hydrogen (secondary N) is 1. The number of aryl methyl sites for hydroxylation is 1. The summed E-state index contributed by atoms with van der Waals surface area (Å²) in [6.07, 6.45) is 0. The molecular formula is C8H11N7O2. The van der Waals surface area contributed by atoms with Gasteiger partial charge in [-0.3, -0.25) is 4.79 Å². The van der Waals surface area contributed by atoms with E-state index in [4.69, 9.17) is 5.73 Å². The molecule has 2 aromatic rings. The molecule has 1 amide bonds. The molecule has 9 nitrogen and oxygen atoms in total. The molecule has 0 atom stereocenters. The Bertz CT molecular complexity index is 641. The molecule has 0 aliphatic heterocycles. The molecule has 0 aliphatic rings. The highest BCUT2D eigenvalue weighted by molar-refractivity contribution is 5.96. The van der Waals surface area contributed by atoms with E-state index in [9.17, 15) is 9.59 Å². The lowest BCUT2D eigenvalue weighted by Crippen LogP contribution is -2.29. The maximum atomic E-state index is 11.9. The average Bonchev–Trinajstić information content (AvgIpc) is 2.64. The van der Waals surface area contributed by atoms with E-state index in [1.165, 1.54) is 11.4 Å². The van der Waals surface area contributed by atoms with E-state index in [2.05, 4.69) is 20.6 Å². The van der Waals surface area contributed by atoms with E-state index in [0.29, 0.717) is 12.4 Å². The normalized spacial score (nSPS) is 10.9. The Labute approximate surface area is 95.2 Å². The van der Waals surface area contributed by atoms with Crippen LogP contribution in [-0.4, -0.2) is 37.3 Å². The van der Waals surface area contributed by atoms with Crippen molar-refractivity contribution in [2.45, 2.75) is 6.54 Å². The Hall–Kier alpha value is -2.29. The monoisotopic (exact) mass is 237 g/mol. The number of carbonyl (C=O) groups is 1. The predicted octanol–water partition coefficient (Wildman–Crippen LogP) is -2.36. The summed E-state index contributed by atoms with van der Waals surface area (Å²) in [7, 11) is 3.16. The first kappa shape index (κ1) is 11.2. The molecule has 0 aromatic carbocycles. The van der Waals surface area contributed by atoms with E-state index in [0.717, 1.165) is 4.68 Å². The number of imidazole rings is 1. The van der Waals surface area contributed by atoms with Gasteiger partial charge in [0.1, 0.15) is 5.82 Å². The lowest BCUT2D eigenvalue weighted by atomic mass is 10.4. The van der Waals surface area contributed by atoms with Crippen LogP contribution in [0.25, 0.3) is 5.65 Å². The van der Waals surface area contributed by atoms with Gasteiger partial charge in [0.15, 0.2) is 11.3 Å². The number of nitrogens with two attached hydrogens (primary N) is 1. The van der Waals surface area contributed by atoms with E-state index in [-0.39, 0.29) is 11.3 Å². The summed E-state index contributed by atoms with van der Waals surface area (Å²) in [6.45, 7) is 0.315. The summed E-state index contributed by atoms with van der Waals surface area (Å²) in [4.78, 5) is 27.0. The molecule has 2 rings (SSSR count). The fourth-order valence-electron chi connectivity index (χ4n) is 1.48. The largest absolute Gasteiger partial charge is 0.364 e. The molecule has 90 valence electrons. The van der Waals surface area contributed by atoms with Gasteiger partial charge in [-0.05, 0) is 7.05 Å². The van der Waals surface area contributed by atoms with Crippen LogP contribution in [0.1, 0.15) is 16.3 Å². The SMILES string of the molecule is CNCc1nc(C(N)=O)c2nnn(C)c(=O)n12. The van der Waals surface area contributed by atoms with Crippen molar-refractivity contribution < 1.29 is 4.79 Å². The van der Waals surface area contributed by atoms with Crippen LogP contribution in [0.2, 0.25) is 0 Å². The van der Waals surface area contributed by atoms with Crippen molar-refractivity contribution in [3.8, 4) is 0 Å². The molecule has 9 heteroatoms. The van der Waals surface area contributed by atoms with Gasteiger partial charge in [-0.2, -0.15) is 4.68 Å². The number of nitrogens with zero attached hydrogens (tertiary/aromatic N) is 5. The molecule has 0 bridgehead atoms. The van der Waals surface area contributed by atoms with Gasteiger partial charge in [0.2, 0.25) is 0 Å². The number of primary amides is 1. The molecule has 0 saturated heterocycles. The zero-order valence-corrected chi connectivity index (χ0v) is 9.34. The third-order valence-corrected chi connectivity index (χ3v) is 2.23. The predicted molar refractivity (Wildman–Crippen MR) is 57.3 cm³/mol. The zero-order valence-electron chi connectivity index (χ0n) is 9.34. The summed E-state index contributed by atoms with van der Waals surface area (Å²) in [5.74, 6) is -0.376. The summed E-state index contributed by atoms with van der Waals surface area (Å²) < 4.78 is 2.27. The summed E-state index contributed by atoms with van der Waals surface area (Å²) in [5, 5.41) is 10.2. The lowest BCUT2D eigenvalue weighted by molar-refractivity contribution is 0.0997. The van der Waals surface area contributed by atoms with E-state index in [1.807, 2.05) is 0 Å². The van der Waals surface area contributed by atoms with Crippen molar-refractivity contribution >= 4 is 11.6 Å². The van der Waals surface area contributed by atoms with Crippen molar-refractivity contribution in [2.75, 3.05) is 7.05 Å². The van der Waals surface area contributed by atoms with Gasteiger partial charge in [-0.15, -0.1) is 5.10 Å². The smallest absolute Gasteiger partial charge is 0.352 e. The molecule has 0 fully saturated rings. The Morgan fingerprint density at radius 3 is 2.82 bits per heavy atom. The first-order chi connectivity index (χ1) is 8.06. The van der Waals surface area contributed by atoms with Gasteiger partial charge in [-0.25, -0.2) is 14.2 Å². The van der Waals surface area contributed by atoms with E-state index >= 15 is 0 Å². The number of carbonyl (C=O) groups excluding carboxylic acids is 1. The molecule has 0 radical (unpaired) electrons. The minimum Gasteiger partial charge on any atom is -0.364 e. The number of aromatic nitrogens is 5. The zero-order chi connectivity index (χ0) is 12.6. The van der Waals surface area contributed by atoms with Gasteiger partial charge in [0.05, 0.1) is 6.54 Å². The first-order valence-electron chi connectivity index (χ1n) is 4.82. The van der Waals surface area contributed by atoms with Crippen LogP contribution in [0.5, 0.6) is 0 Å². The van der Waals surface area contributed by atoms with Crippen molar-refractivity contribution in [2.24, 2.45) is 12.8 Å². The molecule has 17 heavy (non-hydrogen) atoms. The second-order valence-electron chi connectivity index (χ2n) is 3.43. The van der Waals surface area contributed by atoms with Gasteiger partial charge >= 0.3 is 5.69 Å². The quantitative estimate of drug-likeness (QED) is 0.616. The number of fused-ring (bicyclic) bond motifs is 1. The summed E-state index contributed by atoms with van der Waals surface area (Å²) >= 11 is 0. The second-order valence-corrected chi connectivity index (χ2v) is 3.43. The molecule has 3 N–H and O–H groups in total. The highest BCUT2D eigenvalue weighted by Crippen LogP contribution is 2.06. The Kier molecular flexibility index (Phi) is 2.60. The van der Waals surface area contributed by atoms with Crippen molar-refractivity contribution in [1.29, 1.82) is 0 Å². The van der Waals surface area contributed by atoms with Gasteiger partial charge in [-0.1, -0.05) is 5.21 Å². The molecule has 2 heterocycles. The maximum Gasteiger partial charge on any atom is 0.352 e. The number of hydrogen-bond donors (Lipinski definition) is 2. The van der Waals surface area contributed by atoms with Crippen LogP contribution in [0.3, 0.4) is 0 Å². The number of rotatable bonds is 3. The maximum absolute atomic E-state index is 11.9. The van der Waals surface area contributed by atoms with Crippen LogP contribution in [-0.2, 0) is 13.6 Å². The second kappa shape index (κ2) is 3.94. The molecule has 0 saturated carbocycles. The van der Waals surface area contributed by atoms with Crippen molar-refractivity contribution in [3.05, 3.63) is 22.0 Å². The molecule has 0 unspecified atom stereocenters. The third-order valence-electron chi connectivity index (χ3n) is 2.23. The standard InChI is InChI=1S/C8H11N7O2/c1-10-3-4-11-5(6(9)16)7-12-13-14(2)8(17)15(4)7/h10H,3H2,1-2H3,(H2,9,16). The fourth-order valence-corrected chi connectivity index (χ4v) is 1.48. The fraction of sp³-hybridized carbons (Fsp3) is 0.375. The van der Waals surface area contributed by atoms with Gasteiger partial charge < -0.3 is 11.1 Å². The van der Waals surface area contributed by atoms with Crippen LogP contribution in [0, 0.1) is 0 Å². The van der Waals surface area contributed by atoms with Crippen molar-refractivity contribution in [1.82, 2.24) is 29.7 Å². The van der Waals surface area contributed by atoms with E-state index < -0.39 is 11.6 Å². The van der Waals surface area contributed by atoms with Crippen LogP contribution in [0.4, 0.5) is 0 Å². The first-order valence-corrected chi connectivity index (χ1v) is 4.82. The van der Waals surface area contributed by atoms with Crippen LogP contribution >= 0.6 is 0 Å². The Morgan fingerprint density at radius 1 is 1.53 bits per heavy atom. The van der Waals surface area contributed by atoms with E-state index in [1.54, 1.807) is 7.05 Å². The van der Waals surface area contributed by atoms with Crippen LogP contribution < -0.4 is 16.7 Å². The van der Waals surface area contributed by atoms with Gasteiger partial charge in [0.25, 0.3) is 5.91 Å². The van der Waals surface area contributed by atoms with Crippen molar-refractivity contribution in [3.63, 3.8) is 0 Å². The molecule has 0 aliphatic carbocycles. The van der Waals surface area contributed by atoms with Crippen LogP contribution in [0.15, 0.2) is 4.79 Å². The molecule has 2 aromatic heterocycles. The minimum atomic E-state index is -0.743. The average molecular weight is 237 g/mol. The Balaban J connectivity index is 2.86. The lowest BCUT2D eigenvalue weighted by Gasteiger charge is -1.99. The minimum absolute atomic E-state index is 0.0551. The topological polar surface area (TPSA) is 120 Å². The number of hydrogen-bond acceptors (Lipinski definition) is 6. The Morgan fingerprint density at radius 2 is 2.24 bits per heavy atom. The summed E-state index contributed by atoms with van der Waals surface area (Å²) in [6, 6.07) is 0.